The Kier molecular flexibility index (Phi) is 4.92. The molecule has 0 radical (unpaired) electrons. The van der Waals surface area contributed by atoms with E-state index in [0.717, 1.165) is 10.9 Å². The van der Waals surface area contributed by atoms with Crippen LogP contribution in [-0.2, 0) is 12.8 Å². The summed E-state index contributed by atoms with van der Waals surface area (Å²) in [7, 11) is 0. The molecule has 0 spiro atoms. The second-order valence-corrected chi connectivity index (χ2v) is 6.70. The molecule has 0 bridgehead atoms. The van der Waals surface area contributed by atoms with Crippen molar-refractivity contribution < 1.29 is 22.6 Å². The Morgan fingerprint density at radius 1 is 1.16 bits per heavy atom. The lowest BCUT2D eigenvalue weighted by molar-refractivity contribution is -0.134. The van der Waals surface area contributed by atoms with Gasteiger partial charge in [0.05, 0.1) is 11.6 Å². The average Bonchev–Trinajstić information content (AvgIpc) is 3.23. The molecule has 4 nitrogen and oxygen atoms in total. The number of aromatic nitrogens is 1. The third-order valence-electron chi connectivity index (χ3n) is 2.93. The van der Waals surface area contributed by atoms with E-state index in [0.29, 0.717) is 11.3 Å². The van der Waals surface area contributed by atoms with Gasteiger partial charge in [-0.15, -0.1) is 22.7 Å². The Hall–Kier alpha value is -2.57. The van der Waals surface area contributed by atoms with E-state index >= 15 is 0 Å². The number of thiophene rings is 2. The van der Waals surface area contributed by atoms with Crippen LogP contribution >= 0.6 is 22.7 Å². The molecule has 0 amide bonds. The van der Waals surface area contributed by atoms with E-state index in [9.17, 15) is 13.2 Å². The van der Waals surface area contributed by atoms with Crippen LogP contribution in [0.25, 0.3) is 0 Å². The number of rotatable bonds is 5. The Morgan fingerprint density at radius 3 is 2.60 bits per heavy atom. The van der Waals surface area contributed by atoms with Crippen LogP contribution in [0.2, 0.25) is 0 Å². The van der Waals surface area contributed by atoms with Gasteiger partial charge in [-0.1, -0.05) is 6.07 Å². The zero-order valence-electron chi connectivity index (χ0n) is 12.4. The lowest BCUT2D eigenvalue weighted by atomic mass is 10.3. The molecule has 9 heteroatoms. The Labute approximate surface area is 148 Å². The van der Waals surface area contributed by atoms with Crippen molar-refractivity contribution >= 4 is 22.7 Å². The fourth-order valence-electron chi connectivity index (χ4n) is 1.85. The number of pyridine rings is 1. The molecule has 3 heterocycles. The van der Waals surface area contributed by atoms with Crippen molar-refractivity contribution in [1.29, 1.82) is 5.26 Å². The molecule has 0 fully saturated rings. The molecule has 0 N–H and O–H groups in total. The highest BCUT2D eigenvalue weighted by atomic mass is 32.1. The molecule has 0 atom stereocenters. The monoisotopic (exact) mass is 382 g/mol. The highest BCUT2D eigenvalue weighted by Gasteiger charge is 2.32. The van der Waals surface area contributed by atoms with Crippen molar-refractivity contribution in [3.05, 3.63) is 56.4 Å². The maximum Gasteiger partial charge on any atom is 0.425 e. The number of nitriles is 1. The summed E-state index contributed by atoms with van der Waals surface area (Å²) in [6.45, 7) is 0.273. The highest BCUT2D eigenvalue weighted by Crippen LogP contribution is 2.37. The van der Waals surface area contributed by atoms with E-state index in [1.165, 1.54) is 28.8 Å². The summed E-state index contributed by atoms with van der Waals surface area (Å²) in [5.41, 5.74) is 0.234. The van der Waals surface area contributed by atoms with Crippen LogP contribution in [-0.4, -0.2) is 4.98 Å². The van der Waals surface area contributed by atoms with E-state index in [-0.39, 0.29) is 29.7 Å². The van der Waals surface area contributed by atoms with Crippen LogP contribution < -0.4 is 9.47 Å². The standard InChI is InChI=1S/C16H9F3N2O2S2/c17-16(18,19)13-6-11(9-25-13)23-15-5-10(7-20)4-14(21-15)22-8-12-2-1-3-24-12/h1-6,9H,8H2. The topological polar surface area (TPSA) is 55.1 Å². The van der Waals surface area contributed by atoms with Gasteiger partial charge in [0, 0.05) is 28.5 Å². The first-order valence-corrected chi connectivity index (χ1v) is 8.61. The van der Waals surface area contributed by atoms with Gasteiger partial charge in [-0.25, -0.2) is 0 Å². The van der Waals surface area contributed by atoms with Crippen molar-refractivity contribution in [2.75, 3.05) is 0 Å². The van der Waals surface area contributed by atoms with E-state index in [2.05, 4.69) is 4.98 Å². The van der Waals surface area contributed by atoms with Crippen molar-refractivity contribution in [3.63, 3.8) is 0 Å². The molecular formula is C16H9F3N2O2S2. The van der Waals surface area contributed by atoms with Gasteiger partial charge in [0.15, 0.2) is 0 Å². The predicted molar refractivity (Wildman–Crippen MR) is 87.0 cm³/mol. The summed E-state index contributed by atoms with van der Waals surface area (Å²) in [6, 6.07) is 9.37. The molecule has 3 aromatic rings. The van der Waals surface area contributed by atoms with E-state index < -0.39 is 11.1 Å². The molecule has 0 saturated heterocycles. The molecule has 0 unspecified atom stereocenters. The third kappa shape index (κ3) is 4.49. The number of nitrogens with zero attached hydrogens (tertiary/aromatic N) is 2. The van der Waals surface area contributed by atoms with Gasteiger partial charge in [0.2, 0.25) is 11.8 Å². The largest absolute Gasteiger partial charge is 0.472 e. The first-order valence-electron chi connectivity index (χ1n) is 6.85. The average molecular weight is 382 g/mol. The second kappa shape index (κ2) is 7.13. The van der Waals surface area contributed by atoms with Crippen molar-refractivity contribution in [3.8, 4) is 23.6 Å². The maximum absolute atomic E-state index is 12.6. The number of hydrogen-bond acceptors (Lipinski definition) is 6. The summed E-state index contributed by atoms with van der Waals surface area (Å²) < 4.78 is 48.8. The SMILES string of the molecule is N#Cc1cc(OCc2cccs2)nc(Oc2csc(C(F)(F)F)c2)c1. The normalized spacial score (nSPS) is 11.1. The summed E-state index contributed by atoms with van der Waals surface area (Å²) in [5.74, 6) is 0.157. The van der Waals surface area contributed by atoms with Gasteiger partial charge >= 0.3 is 6.18 Å². The van der Waals surface area contributed by atoms with Gasteiger partial charge in [-0.05, 0) is 11.4 Å². The Morgan fingerprint density at radius 2 is 1.96 bits per heavy atom. The van der Waals surface area contributed by atoms with Crippen LogP contribution in [0.15, 0.2) is 41.1 Å². The number of halogens is 3. The summed E-state index contributed by atoms with van der Waals surface area (Å²) >= 11 is 2.04. The fraction of sp³-hybridized carbons (Fsp3) is 0.125. The van der Waals surface area contributed by atoms with Crippen LogP contribution in [0.5, 0.6) is 17.5 Å². The zero-order valence-corrected chi connectivity index (χ0v) is 14.0. The lowest BCUT2D eigenvalue weighted by Crippen LogP contribution is -2.00. The van der Waals surface area contributed by atoms with E-state index in [1.807, 2.05) is 23.6 Å². The van der Waals surface area contributed by atoms with Crippen molar-refractivity contribution in [2.45, 2.75) is 12.8 Å². The highest BCUT2D eigenvalue weighted by molar-refractivity contribution is 7.10. The minimum Gasteiger partial charge on any atom is -0.472 e. The van der Waals surface area contributed by atoms with E-state index in [1.54, 1.807) is 0 Å². The number of hydrogen-bond donors (Lipinski definition) is 0. The van der Waals surface area contributed by atoms with E-state index in [4.69, 9.17) is 14.7 Å². The first-order chi connectivity index (χ1) is 11.9. The minimum absolute atomic E-state index is 0.00382. The Bertz CT molecular complexity index is 899. The van der Waals surface area contributed by atoms with Crippen LogP contribution in [0.1, 0.15) is 15.3 Å². The number of alkyl halides is 3. The molecular weight excluding hydrogens is 373 g/mol. The van der Waals surface area contributed by atoms with Crippen LogP contribution in [0.3, 0.4) is 0 Å². The summed E-state index contributed by atoms with van der Waals surface area (Å²) in [4.78, 5) is 4.28. The summed E-state index contributed by atoms with van der Waals surface area (Å²) in [6.07, 6.45) is -4.43. The summed E-state index contributed by atoms with van der Waals surface area (Å²) in [5, 5.41) is 12.2. The molecule has 3 rings (SSSR count). The van der Waals surface area contributed by atoms with Crippen LogP contribution in [0, 0.1) is 11.3 Å². The van der Waals surface area contributed by atoms with Crippen LogP contribution in [0.4, 0.5) is 13.2 Å². The molecule has 0 aromatic carbocycles. The zero-order chi connectivity index (χ0) is 17.9. The fourth-order valence-corrected chi connectivity index (χ4v) is 3.15. The first kappa shape index (κ1) is 17.3. The van der Waals surface area contributed by atoms with Gasteiger partial charge in [-0.2, -0.15) is 23.4 Å². The molecule has 128 valence electrons. The van der Waals surface area contributed by atoms with Crippen molar-refractivity contribution in [2.24, 2.45) is 0 Å². The quantitative estimate of drug-likeness (QED) is 0.587. The minimum atomic E-state index is -4.43. The molecule has 25 heavy (non-hydrogen) atoms. The Balaban J connectivity index is 1.77. The molecule has 0 aliphatic heterocycles. The molecule has 3 aromatic heterocycles. The lowest BCUT2D eigenvalue weighted by Gasteiger charge is -2.07. The van der Waals surface area contributed by atoms with Gasteiger partial charge in [-0.3, -0.25) is 0 Å². The third-order valence-corrected chi connectivity index (χ3v) is 4.73. The molecule has 0 aliphatic carbocycles. The van der Waals surface area contributed by atoms with Gasteiger partial charge < -0.3 is 9.47 Å². The molecule has 0 aliphatic rings. The molecule has 0 saturated carbocycles. The predicted octanol–water partition coefficient (Wildman–Crippen LogP) is 5.47. The second-order valence-electron chi connectivity index (χ2n) is 4.76. The van der Waals surface area contributed by atoms with Gasteiger partial charge in [0.25, 0.3) is 0 Å². The van der Waals surface area contributed by atoms with Crippen molar-refractivity contribution in [1.82, 2.24) is 4.98 Å². The maximum atomic E-state index is 12.6. The van der Waals surface area contributed by atoms with Gasteiger partial charge in [0.1, 0.15) is 17.2 Å². The smallest absolute Gasteiger partial charge is 0.425 e. The number of ether oxygens (including phenoxy) is 2.